The number of morpholine rings is 1. The van der Waals surface area contributed by atoms with Gasteiger partial charge in [0, 0.05) is 26.7 Å². The summed E-state index contributed by atoms with van der Waals surface area (Å²) in [5.41, 5.74) is 0.630. The van der Waals surface area contributed by atoms with Crippen LogP contribution in [0.2, 0.25) is 0 Å². The van der Waals surface area contributed by atoms with Crippen LogP contribution in [0.15, 0.2) is 18.3 Å². The van der Waals surface area contributed by atoms with Gasteiger partial charge >= 0.3 is 0 Å². The van der Waals surface area contributed by atoms with Gasteiger partial charge in [0.25, 0.3) is 0 Å². The number of likely N-dealkylation sites (N-methyl/N-ethyl adjacent to an activating group) is 1. The third kappa shape index (κ3) is 2.66. The van der Waals surface area contributed by atoms with Crippen LogP contribution >= 0.6 is 0 Å². The fourth-order valence-electron chi connectivity index (χ4n) is 2.13. The highest BCUT2D eigenvalue weighted by molar-refractivity contribution is 5.44. The maximum absolute atomic E-state index is 13.1. The van der Waals surface area contributed by atoms with E-state index in [0.29, 0.717) is 18.1 Å². The molecular weight excluding hydrogens is 249 g/mol. The maximum Gasteiger partial charge on any atom is 0.245 e. The second-order valence-electron chi connectivity index (χ2n) is 4.64. The number of hydrogen-bond donors (Lipinski definition) is 1. The maximum atomic E-state index is 13.1. The molecule has 1 atom stereocenters. The van der Waals surface area contributed by atoms with Gasteiger partial charge in [-0.05, 0) is 12.1 Å². The van der Waals surface area contributed by atoms with E-state index < -0.39 is 0 Å². The molecule has 7 heteroatoms. The molecule has 1 saturated heterocycles. The monoisotopic (exact) mass is 265 g/mol. The number of nitrogens with one attached hydrogen (secondary N) is 1. The average Bonchev–Trinajstić information content (AvgIpc) is 2.83. The Bertz CT molecular complexity index is 566. The van der Waals surface area contributed by atoms with Crippen LogP contribution in [0.3, 0.4) is 0 Å². The van der Waals surface area contributed by atoms with E-state index in [1.54, 1.807) is 6.07 Å². The van der Waals surface area contributed by atoms with Crippen molar-refractivity contribution >= 4 is 11.6 Å². The zero-order valence-electron chi connectivity index (χ0n) is 10.7. The molecule has 2 aromatic heterocycles. The van der Waals surface area contributed by atoms with E-state index in [1.807, 2.05) is 11.9 Å². The highest BCUT2D eigenvalue weighted by atomic mass is 19.1. The first-order valence-electron chi connectivity index (χ1n) is 6.28. The molecule has 0 aromatic carbocycles. The topological polar surface area (TPSA) is 54.7 Å². The molecule has 3 rings (SSSR count). The quantitative estimate of drug-likeness (QED) is 0.864. The Morgan fingerprint density at radius 1 is 1.58 bits per heavy atom. The third-order valence-corrected chi connectivity index (χ3v) is 3.11. The van der Waals surface area contributed by atoms with Gasteiger partial charge in [-0.15, -0.1) is 5.10 Å². The Morgan fingerprint density at radius 2 is 2.47 bits per heavy atom. The van der Waals surface area contributed by atoms with Crippen molar-refractivity contribution in [1.82, 2.24) is 19.9 Å². The summed E-state index contributed by atoms with van der Waals surface area (Å²) in [7, 11) is 1.91. The summed E-state index contributed by atoms with van der Waals surface area (Å²) in [6.07, 6.45) is 1.44. The van der Waals surface area contributed by atoms with Crippen molar-refractivity contribution in [3.63, 3.8) is 0 Å². The van der Waals surface area contributed by atoms with Crippen molar-refractivity contribution in [1.29, 1.82) is 0 Å². The average molecular weight is 265 g/mol. The largest absolute Gasteiger partial charge is 0.374 e. The number of hydrogen-bond acceptors (Lipinski definition) is 5. The van der Waals surface area contributed by atoms with Crippen LogP contribution in [-0.2, 0) is 4.74 Å². The number of anilines is 1. The molecule has 2 aromatic rings. The minimum atomic E-state index is -0.327. The summed E-state index contributed by atoms with van der Waals surface area (Å²) in [6.45, 7) is 3.15. The molecule has 1 unspecified atom stereocenters. The summed E-state index contributed by atoms with van der Waals surface area (Å²) < 4.78 is 20.2. The fraction of sp³-hybridized carbons (Fsp3) is 0.500. The van der Waals surface area contributed by atoms with E-state index in [4.69, 9.17) is 4.74 Å². The second kappa shape index (κ2) is 5.10. The summed E-state index contributed by atoms with van der Waals surface area (Å²) in [5, 5.41) is 7.53. The number of halogens is 1. The summed E-state index contributed by atoms with van der Waals surface area (Å²) in [5.74, 6) is 0.242. The van der Waals surface area contributed by atoms with Crippen LogP contribution in [0.4, 0.5) is 10.3 Å². The molecule has 0 spiro atoms. The van der Waals surface area contributed by atoms with Gasteiger partial charge in [0.2, 0.25) is 5.95 Å². The lowest BCUT2D eigenvalue weighted by atomic mass is 10.3. The molecule has 6 nitrogen and oxygen atoms in total. The smallest absolute Gasteiger partial charge is 0.245 e. The number of rotatable bonds is 3. The Hall–Kier alpha value is -1.73. The number of nitrogens with zero attached hydrogens (tertiary/aromatic N) is 4. The Kier molecular flexibility index (Phi) is 3.31. The molecule has 1 aliphatic rings. The Balaban J connectivity index is 1.75. The van der Waals surface area contributed by atoms with Crippen LogP contribution in [0.25, 0.3) is 5.65 Å². The van der Waals surface area contributed by atoms with Gasteiger partial charge in [0.05, 0.1) is 18.9 Å². The third-order valence-electron chi connectivity index (χ3n) is 3.11. The second-order valence-corrected chi connectivity index (χ2v) is 4.64. The molecule has 102 valence electrons. The first-order valence-corrected chi connectivity index (χ1v) is 6.28. The lowest BCUT2D eigenvalue weighted by molar-refractivity contribution is 0.0338. The highest BCUT2D eigenvalue weighted by Gasteiger charge is 2.18. The molecule has 1 N–H and O–H groups in total. The van der Waals surface area contributed by atoms with Crippen molar-refractivity contribution in [2.75, 3.05) is 38.2 Å². The zero-order valence-corrected chi connectivity index (χ0v) is 10.7. The van der Waals surface area contributed by atoms with Gasteiger partial charge in [-0.25, -0.2) is 8.91 Å². The fourth-order valence-corrected chi connectivity index (χ4v) is 2.13. The molecule has 0 bridgehead atoms. The minimum Gasteiger partial charge on any atom is -0.374 e. The van der Waals surface area contributed by atoms with Crippen LogP contribution in [0.5, 0.6) is 0 Å². The van der Waals surface area contributed by atoms with Crippen LogP contribution in [0.1, 0.15) is 0 Å². The van der Waals surface area contributed by atoms with E-state index in [0.717, 1.165) is 19.7 Å². The van der Waals surface area contributed by atoms with Crippen LogP contribution in [-0.4, -0.2) is 54.0 Å². The summed E-state index contributed by atoms with van der Waals surface area (Å²) in [6, 6.07) is 2.99. The predicted octanol–water partition coefficient (Wildman–Crippen LogP) is 0.293. The minimum absolute atomic E-state index is 0.127. The first-order chi connectivity index (χ1) is 9.22. The van der Waals surface area contributed by atoms with Gasteiger partial charge in [0.15, 0.2) is 5.65 Å². The molecular formula is C12H16FN5O. The van der Waals surface area contributed by atoms with Crippen molar-refractivity contribution in [2.45, 2.75) is 6.10 Å². The molecule has 0 amide bonds. The standard InChI is InChI=1S/C12H16FN5O/c1-17(8-10-6-14-4-5-19-10)12-15-11-3-2-9(13)7-18(11)16-12/h2-3,7,10,14H,4-6,8H2,1H3. The number of fused-ring (bicyclic) bond motifs is 1. The van der Waals surface area contributed by atoms with Gasteiger partial charge in [0.1, 0.15) is 5.82 Å². The summed E-state index contributed by atoms with van der Waals surface area (Å²) >= 11 is 0. The van der Waals surface area contributed by atoms with E-state index in [2.05, 4.69) is 15.4 Å². The number of aromatic nitrogens is 3. The normalized spacial score (nSPS) is 19.8. The SMILES string of the molecule is CN(CC1CNCCO1)c1nc2ccc(F)cn2n1. The van der Waals surface area contributed by atoms with Crippen molar-refractivity contribution in [3.8, 4) is 0 Å². The molecule has 0 aliphatic carbocycles. The Morgan fingerprint density at radius 3 is 3.26 bits per heavy atom. The first kappa shape index (κ1) is 12.3. The molecule has 1 aliphatic heterocycles. The highest BCUT2D eigenvalue weighted by Crippen LogP contribution is 2.11. The van der Waals surface area contributed by atoms with E-state index in [9.17, 15) is 4.39 Å². The number of ether oxygens (including phenoxy) is 1. The van der Waals surface area contributed by atoms with Gasteiger partial charge in [-0.2, -0.15) is 4.98 Å². The van der Waals surface area contributed by atoms with Crippen molar-refractivity contribution in [3.05, 3.63) is 24.1 Å². The van der Waals surface area contributed by atoms with Gasteiger partial charge in [-0.3, -0.25) is 0 Å². The van der Waals surface area contributed by atoms with Gasteiger partial charge < -0.3 is 15.0 Å². The lowest BCUT2D eigenvalue weighted by Crippen LogP contribution is -2.44. The molecule has 0 saturated carbocycles. The van der Waals surface area contributed by atoms with Gasteiger partial charge in [-0.1, -0.05) is 0 Å². The lowest BCUT2D eigenvalue weighted by Gasteiger charge is -2.27. The Labute approximate surface area is 110 Å². The molecule has 19 heavy (non-hydrogen) atoms. The van der Waals surface area contributed by atoms with Crippen molar-refractivity contribution < 1.29 is 9.13 Å². The predicted molar refractivity (Wildman–Crippen MR) is 68.8 cm³/mol. The molecule has 3 heterocycles. The van der Waals surface area contributed by atoms with E-state index >= 15 is 0 Å². The van der Waals surface area contributed by atoms with Crippen molar-refractivity contribution in [2.24, 2.45) is 0 Å². The number of pyridine rings is 1. The van der Waals surface area contributed by atoms with E-state index in [1.165, 1.54) is 16.8 Å². The van der Waals surface area contributed by atoms with Crippen LogP contribution in [0, 0.1) is 5.82 Å². The molecule has 0 radical (unpaired) electrons. The van der Waals surface area contributed by atoms with Crippen LogP contribution < -0.4 is 10.2 Å². The summed E-state index contributed by atoms with van der Waals surface area (Å²) in [4.78, 5) is 6.27. The zero-order chi connectivity index (χ0) is 13.2. The molecule has 1 fully saturated rings. The van der Waals surface area contributed by atoms with E-state index in [-0.39, 0.29) is 11.9 Å².